The van der Waals surface area contributed by atoms with Crippen LogP contribution in [0.25, 0.3) is 0 Å². The molecular weight excluding hydrogens is 354 g/mol. The van der Waals surface area contributed by atoms with Gasteiger partial charge in [0.15, 0.2) is 6.61 Å². The normalized spacial score (nSPS) is 10.4. The van der Waals surface area contributed by atoms with Gasteiger partial charge in [0.1, 0.15) is 5.75 Å². The van der Waals surface area contributed by atoms with Crippen LogP contribution in [0.1, 0.15) is 11.1 Å². The molecule has 0 aliphatic carbocycles. The minimum absolute atomic E-state index is 0.112. The Morgan fingerprint density at radius 3 is 2.56 bits per heavy atom. The molecule has 2 rings (SSSR count). The van der Waals surface area contributed by atoms with Gasteiger partial charge < -0.3 is 9.47 Å². The van der Waals surface area contributed by atoms with Crippen LogP contribution >= 0.6 is 0 Å². The standard InChI is InChI=1S/C18H17N3O6/c1-26-18(23)12-27-15-8-6-13(7-9-15)11-19-20-17(22)10-14-4-2-3-5-16(14)21(24)25/h2-9,11H,10,12H2,1H3,(H,20,22). The molecule has 27 heavy (non-hydrogen) atoms. The Kier molecular flexibility index (Phi) is 7.00. The maximum atomic E-state index is 11.9. The van der Waals surface area contributed by atoms with Crippen LogP contribution in [0.3, 0.4) is 0 Å². The monoisotopic (exact) mass is 371 g/mol. The van der Waals surface area contributed by atoms with Gasteiger partial charge in [0.2, 0.25) is 5.91 Å². The number of nitro benzene ring substituents is 1. The van der Waals surface area contributed by atoms with Crippen molar-refractivity contribution in [2.75, 3.05) is 13.7 Å². The summed E-state index contributed by atoms with van der Waals surface area (Å²) in [7, 11) is 1.27. The third kappa shape index (κ3) is 6.24. The van der Waals surface area contributed by atoms with Crippen LogP contribution in [0, 0.1) is 10.1 Å². The molecule has 0 saturated heterocycles. The summed E-state index contributed by atoms with van der Waals surface area (Å²) < 4.78 is 9.68. The lowest BCUT2D eigenvalue weighted by Crippen LogP contribution is -2.20. The first-order chi connectivity index (χ1) is 13.0. The largest absolute Gasteiger partial charge is 0.482 e. The highest BCUT2D eigenvalue weighted by Crippen LogP contribution is 2.17. The van der Waals surface area contributed by atoms with Crippen molar-refractivity contribution in [2.45, 2.75) is 6.42 Å². The first kappa shape index (κ1) is 19.6. The van der Waals surface area contributed by atoms with Crippen molar-refractivity contribution in [3.63, 3.8) is 0 Å². The molecule has 2 aromatic carbocycles. The Hall–Kier alpha value is -3.75. The molecule has 0 radical (unpaired) electrons. The summed E-state index contributed by atoms with van der Waals surface area (Å²) >= 11 is 0. The molecule has 1 amide bonds. The Balaban J connectivity index is 1.87. The van der Waals surface area contributed by atoms with E-state index in [9.17, 15) is 19.7 Å². The average molecular weight is 371 g/mol. The number of rotatable bonds is 8. The van der Waals surface area contributed by atoms with E-state index >= 15 is 0 Å². The number of hydrogen-bond acceptors (Lipinski definition) is 7. The number of nitrogens with one attached hydrogen (secondary N) is 1. The molecule has 9 heteroatoms. The van der Waals surface area contributed by atoms with E-state index in [0.29, 0.717) is 16.9 Å². The minimum atomic E-state index is -0.532. The molecule has 0 fully saturated rings. The lowest BCUT2D eigenvalue weighted by molar-refractivity contribution is -0.385. The molecule has 0 aromatic heterocycles. The molecule has 1 N–H and O–H groups in total. The quantitative estimate of drug-likeness (QED) is 0.327. The van der Waals surface area contributed by atoms with Crippen molar-refractivity contribution in [1.29, 1.82) is 0 Å². The van der Waals surface area contributed by atoms with Crippen molar-refractivity contribution < 1.29 is 24.0 Å². The van der Waals surface area contributed by atoms with E-state index in [2.05, 4.69) is 15.3 Å². The zero-order valence-electron chi connectivity index (χ0n) is 14.5. The second-order valence-corrected chi connectivity index (χ2v) is 5.29. The Morgan fingerprint density at radius 2 is 1.89 bits per heavy atom. The molecule has 2 aromatic rings. The van der Waals surface area contributed by atoms with E-state index < -0.39 is 16.8 Å². The number of carbonyl (C=O) groups excluding carboxylic acids is 2. The van der Waals surface area contributed by atoms with Gasteiger partial charge in [0.05, 0.1) is 24.7 Å². The lowest BCUT2D eigenvalue weighted by atomic mass is 10.1. The number of ether oxygens (including phenoxy) is 2. The third-order valence-electron chi connectivity index (χ3n) is 3.41. The number of benzene rings is 2. The molecule has 0 spiro atoms. The molecule has 140 valence electrons. The van der Waals surface area contributed by atoms with Gasteiger partial charge >= 0.3 is 5.97 Å². The molecule has 0 atom stereocenters. The van der Waals surface area contributed by atoms with Gasteiger partial charge in [0, 0.05) is 11.6 Å². The van der Waals surface area contributed by atoms with Gasteiger partial charge in [-0.3, -0.25) is 14.9 Å². The number of nitro groups is 1. The predicted octanol–water partition coefficient (Wildman–Crippen LogP) is 1.84. The third-order valence-corrected chi connectivity index (χ3v) is 3.41. The van der Waals surface area contributed by atoms with Crippen LogP contribution in [0.2, 0.25) is 0 Å². The van der Waals surface area contributed by atoms with Crippen LogP contribution in [0.4, 0.5) is 5.69 Å². The number of para-hydroxylation sites is 1. The SMILES string of the molecule is COC(=O)COc1ccc(C=NNC(=O)Cc2ccccc2[N+](=O)[O-])cc1. The number of hydrogen-bond donors (Lipinski definition) is 1. The van der Waals surface area contributed by atoms with Crippen molar-refractivity contribution >= 4 is 23.8 Å². The summed E-state index contributed by atoms with van der Waals surface area (Å²) in [5, 5.41) is 14.8. The highest BCUT2D eigenvalue weighted by molar-refractivity contribution is 5.83. The van der Waals surface area contributed by atoms with Crippen LogP contribution in [-0.4, -0.2) is 36.7 Å². The number of nitrogens with zero attached hydrogens (tertiary/aromatic N) is 2. The lowest BCUT2D eigenvalue weighted by Gasteiger charge is -2.04. The highest BCUT2D eigenvalue weighted by Gasteiger charge is 2.14. The summed E-state index contributed by atoms with van der Waals surface area (Å²) in [6.45, 7) is -0.189. The number of carbonyl (C=O) groups is 2. The molecule has 0 heterocycles. The highest BCUT2D eigenvalue weighted by atomic mass is 16.6. The summed E-state index contributed by atoms with van der Waals surface area (Å²) in [6.07, 6.45) is 1.26. The molecule has 9 nitrogen and oxygen atoms in total. The average Bonchev–Trinajstić information content (AvgIpc) is 2.67. The van der Waals surface area contributed by atoms with Gasteiger partial charge in [-0.1, -0.05) is 18.2 Å². The summed E-state index contributed by atoms with van der Waals surface area (Å²) in [6, 6.07) is 12.7. The topological polar surface area (TPSA) is 120 Å². The fourth-order valence-corrected chi connectivity index (χ4v) is 2.08. The maximum Gasteiger partial charge on any atom is 0.343 e. The second-order valence-electron chi connectivity index (χ2n) is 5.29. The second kappa shape index (κ2) is 9.66. The zero-order valence-corrected chi connectivity index (χ0v) is 14.5. The maximum absolute atomic E-state index is 11.9. The van der Waals surface area contributed by atoms with Gasteiger partial charge in [-0.15, -0.1) is 0 Å². The summed E-state index contributed by atoms with van der Waals surface area (Å²) in [5.41, 5.74) is 3.21. The first-order valence-electron chi connectivity index (χ1n) is 7.83. The number of esters is 1. The van der Waals surface area contributed by atoms with Crippen molar-refractivity contribution in [3.05, 3.63) is 69.8 Å². The summed E-state index contributed by atoms with van der Waals surface area (Å²) in [5.74, 6) is -0.474. The molecular formula is C18H17N3O6. The van der Waals surface area contributed by atoms with E-state index in [-0.39, 0.29) is 18.7 Å². The number of methoxy groups -OCH3 is 1. The van der Waals surface area contributed by atoms with Gasteiger partial charge in [-0.25, -0.2) is 10.2 Å². The van der Waals surface area contributed by atoms with Crippen LogP contribution in [0.15, 0.2) is 53.6 Å². The predicted molar refractivity (Wildman–Crippen MR) is 96.5 cm³/mol. The van der Waals surface area contributed by atoms with Crippen molar-refractivity contribution in [3.8, 4) is 5.75 Å². The van der Waals surface area contributed by atoms with E-state index in [1.165, 1.54) is 31.5 Å². The number of hydrazone groups is 1. The molecule has 0 bridgehead atoms. The van der Waals surface area contributed by atoms with Crippen molar-refractivity contribution in [1.82, 2.24) is 5.43 Å². The zero-order chi connectivity index (χ0) is 19.6. The number of amides is 1. The van der Waals surface area contributed by atoms with Gasteiger partial charge in [0.25, 0.3) is 5.69 Å². The fraction of sp³-hybridized carbons (Fsp3) is 0.167. The van der Waals surface area contributed by atoms with Crippen LogP contribution in [-0.2, 0) is 20.7 Å². The minimum Gasteiger partial charge on any atom is -0.482 e. The Morgan fingerprint density at radius 1 is 1.19 bits per heavy atom. The smallest absolute Gasteiger partial charge is 0.343 e. The van der Waals surface area contributed by atoms with Gasteiger partial charge in [-0.2, -0.15) is 5.10 Å². The van der Waals surface area contributed by atoms with Crippen LogP contribution in [0.5, 0.6) is 5.75 Å². The van der Waals surface area contributed by atoms with E-state index in [0.717, 1.165) is 0 Å². The molecule has 0 unspecified atom stereocenters. The fourth-order valence-electron chi connectivity index (χ4n) is 2.08. The van der Waals surface area contributed by atoms with Crippen molar-refractivity contribution in [2.24, 2.45) is 5.10 Å². The van der Waals surface area contributed by atoms with E-state index in [1.807, 2.05) is 0 Å². The molecule has 0 aliphatic rings. The Labute approximate surface area is 154 Å². The van der Waals surface area contributed by atoms with E-state index in [4.69, 9.17) is 4.74 Å². The van der Waals surface area contributed by atoms with Gasteiger partial charge in [-0.05, 0) is 29.8 Å². The Bertz CT molecular complexity index is 848. The van der Waals surface area contributed by atoms with Crippen LogP contribution < -0.4 is 10.2 Å². The first-order valence-corrected chi connectivity index (χ1v) is 7.83. The molecule has 0 aliphatic heterocycles. The van der Waals surface area contributed by atoms with E-state index in [1.54, 1.807) is 30.3 Å². The summed E-state index contributed by atoms with van der Waals surface area (Å²) in [4.78, 5) is 33.3. The molecule has 0 saturated carbocycles.